The molecule has 0 atom stereocenters. The second-order valence-corrected chi connectivity index (χ2v) is 10.0. The standard InChI is InChI=1S/C25H19ClFN3O5S/c26-15-4-3-12(17(27)10-15)8-20(31)29-24-22(23(28)33)16-5-6-30(11-19(16)36-24)25(34)14-2-1-13-9-21(32)35-18(13)7-14/h1-4,7,10H,5-6,8-9,11H2,(H2,28,33)(H,29,31). The minimum Gasteiger partial charge on any atom is -0.426 e. The van der Waals surface area contributed by atoms with E-state index in [-0.39, 0.29) is 52.4 Å². The number of hydrogen-bond acceptors (Lipinski definition) is 6. The monoisotopic (exact) mass is 527 g/mol. The highest BCUT2D eigenvalue weighted by atomic mass is 35.5. The molecule has 8 nitrogen and oxygen atoms in total. The summed E-state index contributed by atoms with van der Waals surface area (Å²) in [7, 11) is 0. The van der Waals surface area contributed by atoms with E-state index in [9.17, 15) is 23.6 Å². The van der Waals surface area contributed by atoms with Gasteiger partial charge in [0.1, 0.15) is 16.6 Å². The highest BCUT2D eigenvalue weighted by Gasteiger charge is 2.31. The van der Waals surface area contributed by atoms with Crippen LogP contribution in [0, 0.1) is 5.82 Å². The van der Waals surface area contributed by atoms with E-state index in [4.69, 9.17) is 22.1 Å². The van der Waals surface area contributed by atoms with E-state index in [0.717, 1.165) is 27.8 Å². The van der Waals surface area contributed by atoms with Crippen molar-refractivity contribution in [2.45, 2.75) is 25.8 Å². The molecule has 0 aliphatic carbocycles. The number of amides is 3. The molecule has 0 fully saturated rings. The van der Waals surface area contributed by atoms with E-state index < -0.39 is 17.6 Å². The number of anilines is 1. The van der Waals surface area contributed by atoms with Crippen LogP contribution in [0.3, 0.4) is 0 Å². The van der Waals surface area contributed by atoms with Crippen LogP contribution in [0.25, 0.3) is 0 Å². The third-order valence-corrected chi connectivity index (χ3v) is 7.45. The Labute approximate surface area is 213 Å². The van der Waals surface area contributed by atoms with Gasteiger partial charge in [-0.15, -0.1) is 11.3 Å². The number of rotatable bonds is 5. The second-order valence-electron chi connectivity index (χ2n) is 8.48. The number of thiophene rings is 1. The number of fused-ring (bicyclic) bond motifs is 2. The van der Waals surface area contributed by atoms with Gasteiger partial charge in [-0.1, -0.05) is 23.7 Å². The van der Waals surface area contributed by atoms with Crippen molar-refractivity contribution in [1.29, 1.82) is 0 Å². The van der Waals surface area contributed by atoms with Crippen LogP contribution in [0.15, 0.2) is 36.4 Å². The Morgan fingerprint density at radius 3 is 2.75 bits per heavy atom. The molecular formula is C25H19ClFN3O5S. The third kappa shape index (κ3) is 4.57. The number of hydrogen-bond donors (Lipinski definition) is 2. The number of nitrogens with zero attached hydrogens (tertiary/aromatic N) is 1. The molecule has 2 aliphatic heterocycles. The van der Waals surface area contributed by atoms with Crippen LogP contribution >= 0.6 is 22.9 Å². The molecule has 3 heterocycles. The molecule has 3 aromatic rings. The minimum absolute atomic E-state index is 0.163. The lowest BCUT2D eigenvalue weighted by atomic mass is 10.0. The fourth-order valence-corrected chi connectivity index (χ4v) is 5.80. The van der Waals surface area contributed by atoms with E-state index >= 15 is 0 Å². The first kappa shape index (κ1) is 24.0. The fraction of sp³-hybridized carbons (Fsp3) is 0.200. The first-order chi connectivity index (χ1) is 17.2. The minimum atomic E-state index is -0.694. The second kappa shape index (κ2) is 9.36. The van der Waals surface area contributed by atoms with E-state index in [1.807, 2.05) is 0 Å². The molecule has 1 aromatic heterocycles. The summed E-state index contributed by atoms with van der Waals surface area (Å²) in [6.45, 7) is 0.556. The van der Waals surface area contributed by atoms with Crippen molar-refractivity contribution >= 4 is 51.6 Å². The van der Waals surface area contributed by atoms with Crippen LogP contribution in [-0.2, 0) is 35.4 Å². The Morgan fingerprint density at radius 2 is 2.00 bits per heavy atom. The van der Waals surface area contributed by atoms with Crippen molar-refractivity contribution in [2.24, 2.45) is 5.73 Å². The van der Waals surface area contributed by atoms with Crippen LogP contribution in [0.1, 0.15) is 42.3 Å². The molecule has 3 N–H and O–H groups in total. The van der Waals surface area contributed by atoms with Crippen molar-refractivity contribution < 1.29 is 28.3 Å². The largest absolute Gasteiger partial charge is 0.426 e. The number of benzene rings is 2. The SMILES string of the molecule is NC(=O)c1c(NC(=O)Cc2ccc(Cl)cc2F)sc2c1CCN(C(=O)c1ccc3c(c1)OC(=O)C3)C2. The highest BCUT2D eigenvalue weighted by molar-refractivity contribution is 7.17. The predicted octanol–water partition coefficient (Wildman–Crippen LogP) is 3.48. The maximum atomic E-state index is 14.1. The van der Waals surface area contributed by atoms with Gasteiger partial charge in [0.05, 0.1) is 24.9 Å². The lowest BCUT2D eigenvalue weighted by Crippen LogP contribution is -2.36. The lowest BCUT2D eigenvalue weighted by molar-refractivity contribution is -0.131. The number of esters is 1. The van der Waals surface area contributed by atoms with Crippen molar-refractivity contribution in [3.8, 4) is 5.75 Å². The molecule has 5 rings (SSSR count). The van der Waals surface area contributed by atoms with Gasteiger partial charge >= 0.3 is 5.97 Å². The van der Waals surface area contributed by atoms with Gasteiger partial charge < -0.3 is 20.7 Å². The molecule has 0 unspecified atom stereocenters. The molecule has 0 bridgehead atoms. The predicted molar refractivity (Wildman–Crippen MR) is 131 cm³/mol. The molecule has 3 amide bonds. The molecule has 0 saturated carbocycles. The van der Waals surface area contributed by atoms with Gasteiger partial charge in [-0.25, -0.2) is 4.39 Å². The van der Waals surface area contributed by atoms with Crippen molar-refractivity contribution in [2.75, 3.05) is 11.9 Å². The lowest BCUT2D eigenvalue weighted by Gasteiger charge is -2.27. The van der Waals surface area contributed by atoms with Gasteiger partial charge in [0.2, 0.25) is 5.91 Å². The van der Waals surface area contributed by atoms with Gasteiger partial charge in [-0.3, -0.25) is 19.2 Å². The summed E-state index contributed by atoms with van der Waals surface area (Å²) in [6.07, 6.45) is 0.301. The topological polar surface area (TPSA) is 119 Å². The Morgan fingerprint density at radius 1 is 1.19 bits per heavy atom. The number of ether oxygens (including phenoxy) is 1. The molecule has 184 valence electrons. The van der Waals surface area contributed by atoms with E-state index in [2.05, 4.69) is 5.32 Å². The van der Waals surface area contributed by atoms with Crippen LogP contribution in [0.2, 0.25) is 5.02 Å². The molecule has 2 aliphatic rings. The average molecular weight is 528 g/mol. The first-order valence-corrected chi connectivity index (χ1v) is 12.2. The number of carbonyl (C=O) groups excluding carboxylic acids is 4. The van der Waals surface area contributed by atoms with E-state index in [0.29, 0.717) is 29.8 Å². The molecule has 0 radical (unpaired) electrons. The number of nitrogens with two attached hydrogens (primary N) is 1. The van der Waals surface area contributed by atoms with Crippen LogP contribution in [-0.4, -0.2) is 35.1 Å². The maximum Gasteiger partial charge on any atom is 0.315 e. The summed E-state index contributed by atoms with van der Waals surface area (Å²) in [5, 5.41) is 3.16. The summed E-state index contributed by atoms with van der Waals surface area (Å²) in [5.74, 6) is -2.03. The maximum absolute atomic E-state index is 14.1. The van der Waals surface area contributed by atoms with Crippen molar-refractivity contribution in [3.05, 3.63) is 79.9 Å². The van der Waals surface area contributed by atoms with Crippen LogP contribution in [0.5, 0.6) is 5.75 Å². The highest BCUT2D eigenvalue weighted by Crippen LogP contribution is 2.38. The van der Waals surface area contributed by atoms with Gasteiger partial charge in [-0.2, -0.15) is 0 Å². The van der Waals surface area contributed by atoms with E-state index in [1.54, 1.807) is 23.1 Å². The van der Waals surface area contributed by atoms with Gasteiger partial charge in [-0.05, 0) is 41.8 Å². The Hall–Kier alpha value is -3.76. The Balaban J connectivity index is 1.34. The smallest absolute Gasteiger partial charge is 0.315 e. The molecule has 11 heteroatoms. The number of primary amides is 1. The summed E-state index contributed by atoms with van der Waals surface area (Å²) < 4.78 is 19.2. The summed E-state index contributed by atoms with van der Waals surface area (Å²) in [6, 6.07) is 8.96. The van der Waals surface area contributed by atoms with Gasteiger partial charge in [0.25, 0.3) is 11.8 Å². The summed E-state index contributed by atoms with van der Waals surface area (Å²) in [4.78, 5) is 51.9. The molecule has 0 spiro atoms. The first-order valence-electron chi connectivity index (χ1n) is 11.0. The summed E-state index contributed by atoms with van der Waals surface area (Å²) >= 11 is 6.92. The molecule has 0 saturated heterocycles. The average Bonchev–Trinajstić information content (AvgIpc) is 3.38. The van der Waals surface area contributed by atoms with Gasteiger partial charge in [0, 0.05) is 27.6 Å². The zero-order valence-corrected chi connectivity index (χ0v) is 20.3. The van der Waals surface area contributed by atoms with Crippen LogP contribution in [0.4, 0.5) is 9.39 Å². The van der Waals surface area contributed by atoms with Crippen molar-refractivity contribution in [3.63, 3.8) is 0 Å². The zero-order valence-electron chi connectivity index (χ0n) is 18.7. The van der Waals surface area contributed by atoms with E-state index in [1.165, 1.54) is 12.1 Å². The third-order valence-electron chi connectivity index (χ3n) is 6.08. The Bertz CT molecular complexity index is 1450. The fourth-order valence-electron chi connectivity index (χ4n) is 4.36. The van der Waals surface area contributed by atoms with Crippen LogP contribution < -0.4 is 15.8 Å². The molecule has 2 aromatic carbocycles. The van der Waals surface area contributed by atoms with Crippen molar-refractivity contribution in [1.82, 2.24) is 4.90 Å². The number of halogens is 2. The number of nitrogens with one attached hydrogen (secondary N) is 1. The number of carbonyl (C=O) groups is 4. The van der Waals surface area contributed by atoms with Gasteiger partial charge in [0.15, 0.2) is 0 Å². The zero-order chi connectivity index (χ0) is 25.6. The molecular weight excluding hydrogens is 509 g/mol. The summed E-state index contributed by atoms with van der Waals surface area (Å²) in [5.41, 5.74) is 7.80. The Kier molecular flexibility index (Phi) is 6.23. The quantitative estimate of drug-likeness (QED) is 0.389. The normalized spacial score (nSPS) is 14.2. The molecule has 36 heavy (non-hydrogen) atoms.